The van der Waals surface area contributed by atoms with E-state index >= 15 is 0 Å². The van der Waals surface area contributed by atoms with Crippen molar-refractivity contribution in [2.75, 3.05) is 11.9 Å². The fraction of sp³-hybridized carbons (Fsp3) is 0.583. The molecule has 0 saturated carbocycles. The Morgan fingerprint density at radius 3 is 2.76 bits per heavy atom. The Morgan fingerprint density at radius 1 is 1.47 bits per heavy atom. The first kappa shape index (κ1) is 13.4. The van der Waals surface area contributed by atoms with Crippen LogP contribution in [0, 0.1) is 5.41 Å². The van der Waals surface area contributed by atoms with Crippen LogP contribution in [0.4, 0.5) is 5.82 Å². The van der Waals surface area contributed by atoms with Gasteiger partial charge in [0.1, 0.15) is 12.1 Å². The maximum atomic E-state index is 11.2. The van der Waals surface area contributed by atoms with E-state index in [0.717, 1.165) is 24.4 Å². The zero-order valence-corrected chi connectivity index (χ0v) is 10.7. The second kappa shape index (κ2) is 5.61. The molecule has 1 aromatic heterocycles. The van der Waals surface area contributed by atoms with Gasteiger partial charge in [-0.15, -0.1) is 0 Å². The molecule has 0 atom stereocenters. The van der Waals surface area contributed by atoms with E-state index in [1.165, 1.54) is 6.33 Å². The standard InChI is InChI=1S/C12H20N4O/c1-4-5-9-6-10(16-8-15-9)14-7-12(2,3)11(13)17/h6,8H,4-5,7H2,1-3H3,(H2,13,17)(H,14,15,16). The number of anilines is 1. The number of nitrogens with one attached hydrogen (secondary N) is 1. The Labute approximate surface area is 102 Å². The average molecular weight is 236 g/mol. The third-order valence-electron chi connectivity index (χ3n) is 2.61. The minimum Gasteiger partial charge on any atom is -0.369 e. The van der Waals surface area contributed by atoms with Crippen molar-refractivity contribution in [1.29, 1.82) is 0 Å². The predicted octanol–water partition coefficient (Wildman–Crippen LogP) is 1.35. The smallest absolute Gasteiger partial charge is 0.224 e. The molecule has 1 aromatic rings. The Hall–Kier alpha value is -1.65. The van der Waals surface area contributed by atoms with Crippen LogP contribution < -0.4 is 11.1 Å². The molecular weight excluding hydrogens is 216 g/mol. The number of hydrogen-bond donors (Lipinski definition) is 2. The van der Waals surface area contributed by atoms with Crippen molar-refractivity contribution >= 4 is 11.7 Å². The number of amides is 1. The zero-order chi connectivity index (χ0) is 12.9. The Balaban J connectivity index is 2.63. The lowest BCUT2D eigenvalue weighted by Crippen LogP contribution is -2.37. The van der Waals surface area contributed by atoms with Crippen LogP contribution in [-0.2, 0) is 11.2 Å². The quantitative estimate of drug-likeness (QED) is 0.781. The van der Waals surface area contributed by atoms with Crippen molar-refractivity contribution in [1.82, 2.24) is 9.97 Å². The van der Waals surface area contributed by atoms with E-state index in [9.17, 15) is 4.79 Å². The molecule has 3 N–H and O–H groups in total. The van der Waals surface area contributed by atoms with E-state index in [2.05, 4.69) is 22.2 Å². The number of carbonyl (C=O) groups is 1. The normalized spacial score (nSPS) is 11.2. The third kappa shape index (κ3) is 4.01. The number of nitrogens with zero attached hydrogens (tertiary/aromatic N) is 2. The Morgan fingerprint density at radius 2 is 2.18 bits per heavy atom. The van der Waals surface area contributed by atoms with Crippen molar-refractivity contribution in [3.05, 3.63) is 18.1 Å². The van der Waals surface area contributed by atoms with Crippen LogP contribution in [0.1, 0.15) is 32.9 Å². The number of carbonyl (C=O) groups excluding carboxylic acids is 1. The lowest BCUT2D eigenvalue weighted by atomic mass is 9.93. The van der Waals surface area contributed by atoms with Crippen molar-refractivity contribution in [3.63, 3.8) is 0 Å². The molecule has 94 valence electrons. The topological polar surface area (TPSA) is 80.9 Å². The molecule has 0 fully saturated rings. The van der Waals surface area contributed by atoms with Crippen molar-refractivity contribution in [2.24, 2.45) is 11.1 Å². The lowest BCUT2D eigenvalue weighted by Gasteiger charge is -2.21. The number of hydrogen-bond acceptors (Lipinski definition) is 4. The van der Waals surface area contributed by atoms with Gasteiger partial charge in [-0.2, -0.15) is 0 Å². The monoisotopic (exact) mass is 236 g/mol. The van der Waals surface area contributed by atoms with E-state index in [0.29, 0.717) is 6.54 Å². The molecule has 1 amide bonds. The molecule has 0 aromatic carbocycles. The van der Waals surface area contributed by atoms with Crippen molar-refractivity contribution < 1.29 is 4.79 Å². The highest BCUT2D eigenvalue weighted by Gasteiger charge is 2.24. The Bertz CT molecular complexity index is 390. The van der Waals surface area contributed by atoms with Crippen molar-refractivity contribution in [2.45, 2.75) is 33.6 Å². The lowest BCUT2D eigenvalue weighted by molar-refractivity contribution is -0.125. The summed E-state index contributed by atoms with van der Waals surface area (Å²) < 4.78 is 0. The molecule has 1 heterocycles. The van der Waals surface area contributed by atoms with Gasteiger partial charge in [0, 0.05) is 18.3 Å². The summed E-state index contributed by atoms with van der Waals surface area (Å²) in [5, 5.41) is 3.11. The van der Waals surface area contributed by atoms with Gasteiger partial charge < -0.3 is 11.1 Å². The van der Waals surface area contributed by atoms with Crippen LogP contribution in [0.5, 0.6) is 0 Å². The zero-order valence-electron chi connectivity index (χ0n) is 10.7. The first-order valence-electron chi connectivity index (χ1n) is 5.80. The SMILES string of the molecule is CCCc1cc(NCC(C)(C)C(N)=O)ncn1. The summed E-state index contributed by atoms with van der Waals surface area (Å²) in [5.41, 5.74) is 5.71. The molecule has 0 aliphatic rings. The molecular formula is C12H20N4O. The number of nitrogens with two attached hydrogens (primary N) is 1. The molecule has 0 bridgehead atoms. The van der Waals surface area contributed by atoms with Gasteiger partial charge in [-0.05, 0) is 20.3 Å². The van der Waals surface area contributed by atoms with Crippen LogP contribution in [0.3, 0.4) is 0 Å². The second-order valence-corrected chi connectivity index (χ2v) is 4.75. The van der Waals surface area contributed by atoms with Crippen LogP contribution >= 0.6 is 0 Å². The second-order valence-electron chi connectivity index (χ2n) is 4.75. The highest BCUT2D eigenvalue weighted by atomic mass is 16.1. The molecule has 0 spiro atoms. The van der Waals surface area contributed by atoms with Crippen molar-refractivity contribution in [3.8, 4) is 0 Å². The maximum Gasteiger partial charge on any atom is 0.224 e. The van der Waals surface area contributed by atoms with Crippen LogP contribution in [0.25, 0.3) is 0 Å². The minimum atomic E-state index is -0.587. The summed E-state index contributed by atoms with van der Waals surface area (Å²) in [6.07, 6.45) is 3.50. The average Bonchev–Trinajstić information content (AvgIpc) is 2.27. The minimum absolute atomic E-state index is 0.326. The van der Waals surface area contributed by atoms with Gasteiger partial charge in [-0.1, -0.05) is 13.3 Å². The van der Waals surface area contributed by atoms with E-state index < -0.39 is 5.41 Å². The van der Waals surface area contributed by atoms with Crippen LogP contribution in [-0.4, -0.2) is 22.4 Å². The fourth-order valence-electron chi connectivity index (χ4n) is 1.29. The van der Waals surface area contributed by atoms with E-state index in [1.54, 1.807) is 13.8 Å². The molecule has 0 radical (unpaired) electrons. The highest BCUT2D eigenvalue weighted by Crippen LogP contribution is 2.15. The van der Waals surface area contributed by atoms with Crippen LogP contribution in [0.15, 0.2) is 12.4 Å². The number of rotatable bonds is 6. The van der Waals surface area contributed by atoms with E-state index in [-0.39, 0.29) is 5.91 Å². The molecule has 5 heteroatoms. The summed E-state index contributed by atoms with van der Waals surface area (Å²) >= 11 is 0. The summed E-state index contributed by atoms with van der Waals surface area (Å²) in [6, 6.07) is 1.90. The molecule has 0 aliphatic carbocycles. The van der Waals surface area contributed by atoms with Crippen LogP contribution in [0.2, 0.25) is 0 Å². The summed E-state index contributed by atoms with van der Waals surface area (Å²) in [6.45, 7) is 6.17. The number of aryl methyl sites for hydroxylation is 1. The highest BCUT2D eigenvalue weighted by molar-refractivity contribution is 5.80. The number of aromatic nitrogens is 2. The van der Waals surface area contributed by atoms with Gasteiger partial charge in [0.25, 0.3) is 0 Å². The fourth-order valence-corrected chi connectivity index (χ4v) is 1.29. The first-order valence-corrected chi connectivity index (χ1v) is 5.80. The van der Waals surface area contributed by atoms with Gasteiger partial charge in [0.05, 0.1) is 5.41 Å². The van der Waals surface area contributed by atoms with E-state index in [1.807, 2.05) is 6.07 Å². The molecule has 17 heavy (non-hydrogen) atoms. The summed E-state index contributed by atoms with van der Waals surface area (Å²) in [5.74, 6) is 0.408. The maximum absolute atomic E-state index is 11.2. The summed E-state index contributed by atoms with van der Waals surface area (Å²) in [7, 11) is 0. The Kier molecular flexibility index (Phi) is 4.43. The van der Waals surface area contributed by atoms with Gasteiger partial charge in [-0.25, -0.2) is 9.97 Å². The summed E-state index contributed by atoms with van der Waals surface area (Å²) in [4.78, 5) is 19.4. The predicted molar refractivity (Wildman–Crippen MR) is 67.5 cm³/mol. The molecule has 0 saturated heterocycles. The molecule has 1 rings (SSSR count). The van der Waals surface area contributed by atoms with Gasteiger partial charge in [0.2, 0.25) is 5.91 Å². The molecule has 0 aliphatic heterocycles. The van der Waals surface area contributed by atoms with Gasteiger partial charge in [0.15, 0.2) is 0 Å². The van der Waals surface area contributed by atoms with E-state index in [4.69, 9.17) is 5.73 Å². The van der Waals surface area contributed by atoms with Gasteiger partial charge in [-0.3, -0.25) is 4.79 Å². The largest absolute Gasteiger partial charge is 0.369 e. The third-order valence-corrected chi connectivity index (χ3v) is 2.61. The first-order chi connectivity index (χ1) is 7.95. The van der Waals surface area contributed by atoms with Gasteiger partial charge >= 0.3 is 0 Å². The molecule has 5 nitrogen and oxygen atoms in total. The molecule has 0 unspecified atom stereocenters. The number of primary amides is 1.